The van der Waals surface area contributed by atoms with Gasteiger partial charge >= 0.3 is 0 Å². The van der Waals surface area contributed by atoms with E-state index in [-0.39, 0.29) is 10.8 Å². The predicted octanol–water partition coefficient (Wildman–Crippen LogP) is 8.49. The minimum absolute atomic E-state index is 0.182. The van der Waals surface area contributed by atoms with Crippen molar-refractivity contribution in [2.75, 3.05) is 0 Å². The molecule has 4 unspecified atom stereocenters. The van der Waals surface area contributed by atoms with Gasteiger partial charge in [-0.25, -0.2) is 0 Å². The van der Waals surface area contributed by atoms with Crippen LogP contribution in [-0.2, 0) is 0 Å². The highest BCUT2D eigenvalue weighted by Crippen LogP contribution is 2.42. The van der Waals surface area contributed by atoms with E-state index in [1.807, 2.05) is 38.2 Å². The van der Waals surface area contributed by atoms with Crippen molar-refractivity contribution >= 4 is 0 Å². The van der Waals surface area contributed by atoms with E-state index in [4.69, 9.17) is 0 Å². The van der Waals surface area contributed by atoms with Crippen LogP contribution in [0.4, 0.5) is 0 Å². The minimum atomic E-state index is -0.799. The molecule has 4 heteroatoms. The molecule has 0 aromatic rings. The average molecular weight is 601 g/mol. The van der Waals surface area contributed by atoms with E-state index in [0.29, 0.717) is 12.8 Å². The molecule has 240 valence electrons. The van der Waals surface area contributed by atoms with Crippen LogP contribution in [0.3, 0.4) is 0 Å². The smallest absolute Gasteiger partial charge is 0.101 e. The van der Waals surface area contributed by atoms with Crippen molar-refractivity contribution in [2.24, 2.45) is 10.8 Å². The van der Waals surface area contributed by atoms with E-state index in [9.17, 15) is 20.4 Å². The third kappa shape index (κ3) is 10.9. The minimum Gasteiger partial charge on any atom is -0.390 e. The maximum absolute atomic E-state index is 10.3. The molecule has 2 rings (SSSR count). The van der Waals surface area contributed by atoms with Gasteiger partial charge in [0.1, 0.15) is 12.2 Å². The molecule has 2 aliphatic carbocycles. The molecule has 0 fully saturated rings. The fourth-order valence-corrected chi connectivity index (χ4v) is 5.94. The zero-order chi connectivity index (χ0) is 33.2. The van der Waals surface area contributed by atoms with Crippen LogP contribution in [0, 0.1) is 10.8 Å². The van der Waals surface area contributed by atoms with Crippen LogP contribution in [0.15, 0.2) is 130 Å². The third-order valence-electron chi connectivity index (χ3n) is 8.65. The highest BCUT2D eigenvalue weighted by Gasteiger charge is 2.37. The van der Waals surface area contributed by atoms with Crippen molar-refractivity contribution in [3.8, 4) is 0 Å². The van der Waals surface area contributed by atoms with Crippen molar-refractivity contribution in [1.29, 1.82) is 0 Å². The first-order valence-corrected chi connectivity index (χ1v) is 15.7. The van der Waals surface area contributed by atoms with Gasteiger partial charge in [-0.15, -0.1) is 0 Å². The van der Waals surface area contributed by atoms with Gasteiger partial charge < -0.3 is 20.4 Å². The van der Waals surface area contributed by atoms with Gasteiger partial charge in [-0.3, -0.25) is 0 Å². The first-order valence-electron chi connectivity index (χ1n) is 15.7. The summed E-state index contributed by atoms with van der Waals surface area (Å²) in [4.78, 5) is 0. The SMILES string of the molecule is CC(C=CC1=C(C)C(O)C(O)CC1(C)C)=CC=CC(C)=C/C=C/C=C(C)/C=C/C=C(C)/C=C/C1=C(C)C(O)C(O)CC1(C)C. The summed E-state index contributed by atoms with van der Waals surface area (Å²) in [6.07, 6.45) is 26.9. The number of aliphatic hydroxyl groups excluding tert-OH is 4. The second-order valence-corrected chi connectivity index (χ2v) is 13.8. The Hall–Kier alpha value is -3.02. The van der Waals surface area contributed by atoms with Crippen molar-refractivity contribution in [3.63, 3.8) is 0 Å². The standard InChI is InChI=1S/C40H56O4/c1-27(17-13-19-29(3)21-23-33-31(5)37(43)35(41)25-39(33,7)8)15-11-12-16-28(2)18-14-20-30(4)22-24-34-32(6)38(44)36(42)26-40(34,9)10/h11-24,35-38,41-44H,25-26H2,1-10H3/b12-11+,17-13+,18-14?,23-21+,24-22?,27-15+,28-16?,29-19+,30-20?. The van der Waals surface area contributed by atoms with Crippen molar-refractivity contribution < 1.29 is 20.4 Å². The Morgan fingerprint density at radius 2 is 0.818 bits per heavy atom. The van der Waals surface area contributed by atoms with E-state index in [2.05, 4.69) is 116 Å². The molecule has 0 aromatic heterocycles. The van der Waals surface area contributed by atoms with E-state index in [1.165, 1.54) is 0 Å². The third-order valence-corrected chi connectivity index (χ3v) is 8.65. The van der Waals surface area contributed by atoms with Crippen molar-refractivity contribution in [1.82, 2.24) is 0 Å². The second kappa shape index (κ2) is 16.3. The molecule has 0 amide bonds. The molecule has 0 radical (unpaired) electrons. The number of hydrogen-bond donors (Lipinski definition) is 4. The summed E-state index contributed by atoms with van der Waals surface area (Å²) in [7, 11) is 0. The Labute approximate surface area is 267 Å². The van der Waals surface area contributed by atoms with Crippen LogP contribution in [0.2, 0.25) is 0 Å². The van der Waals surface area contributed by atoms with Crippen LogP contribution in [0.1, 0.15) is 82.1 Å². The van der Waals surface area contributed by atoms with E-state index in [0.717, 1.165) is 44.6 Å². The van der Waals surface area contributed by atoms with Crippen LogP contribution < -0.4 is 0 Å². The zero-order valence-electron chi connectivity index (χ0n) is 28.6. The number of rotatable bonds is 10. The van der Waals surface area contributed by atoms with Gasteiger partial charge in [0, 0.05) is 0 Å². The van der Waals surface area contributed by atoms with Gasteiger partial charge in [-0.05, 0) is 87.5 Å². The summed E-state index contributed by atoms with van der Waals surface area (Å²) in [6, 6.07) is 0. The molecular weight excluding hydrogens is 544 g/mol. The Morgan fingerprint density at radius 1 is 0.523 bits per heavy atom. The number of aliphatic hydroxyl groups is 4. The normalized spacial score (nSPS) is 27.9. The van der Waals surface area contributed by atoms with Gasteiger partial charge in [0.05, 0.1) is 12.2 Å². The molecule has 0 bridgehead atoms. The molecule has 0 aromatic carbocycles. The van der Waals surface area contributed by atoms with Crippen molar-refractivity contribution in [2.45, 2.75) is 106 Å². The Kier molecular flexibility index (Phi) is 13.8. The van der Waals surface area contributed by atoms with Crippen LogP contribution >= 0.6 is 0 Å². The summed E-state index contributed by atoms with van der Waals surface area (Å²) in [6.45, 7) is 20.5. The predicted molar refractivity (Wildman–Crippen MR) is 187 cm³/mol. The monoisotopic (exact) mass is 600 g/mol. The fraction of sp³-hybridized carbons (Fsp3) is 0.450. The van der Waals surface area contributed by atoms with Gasteiger partial charge in [0.2, 0.25) is 0 Å². The summed E-state index contributed by atoms with van der Waals surface area (Å²) in [5.74, 6) is 0. The van der Waals surface area contributed by atoms with Gasteiger partial charge in [-0.1, -0.05) is 135 Å². The summed E-state index contributed by atoms with van der Waals surface area (Å²) in [5.41, 5.74) is 7.98. The molecule has 4 N–H and O–H groups in total. The van der Waals surface area contributed by atoms with Gasteiger partial charge in [-0.2, -0.15) is 0 Å². The molecule has 4 nitrogen and oxygen atoms in total. The van der Waals surface area contributed by atoms with Gasteiger partial charge in [0.25, 0.3) is 0 Å². The molecule has 0 saturated carbocycles. The lowest BCUT2D eigenvalue weighted by atomic mass is 9.70. The maximum Gasteiger partial charge on any atom is 0.101 e. The molecule has 0 saturated heterocycles. The molecule has 4 atom stereocenters. The molecule has 2 aliphatic rings. The van der Waals surface area contributed by atoms with Crippen LogP contribution in [0.25, 0.3) is 0 Å². The molecular formula is C40H56O4. The Morgan fingerprint density at radius 3 is 1.16 bits per heavy atom. The number of allylic oxidation sites excluding steroid dienone is 20. The summed E-state index contributed by atoms with van der Waals surface area (Å²) >= 11 is 0. The maximum atomic E-state index is 10.3. The highest BCUT2D eigenvalue weighted by molar-refractivity contribution is 5.41. The molecule has 44 heavy (non-hydrogen) atoms. The zero-order valence-corrected chi connectivity index (χ0v) is 28.6. The lowest BCUT2D eigenvalue weighted by molar-refractivity contribution is 0.00681. The van der Waals surface area contributed by atoms with Gasteiger partial charge in [0.15, 0.2) is 0 Å². The largest absolute Gasteiger partial charge is 0.390 e. The first-order chi connectivity index (χ1) is 20.5. The average Bonchev–Trinajstić information content (AvgIpc) is 2.92. The van der Waals surface area contributed by atoms with E-state index < -0.39 is 24.4 Å². The van der Waals surface area contributed by atoms with E-state index in [1.54, 1.807) is 0 Å². The fourth-order valence-electron chi connectivity index (χ4n) is 5.94. The van der Waals surface area contributed by atoms with Crippen LogP contribution in [-0.4, -0.2) is 44.8 Å². The molecule has 0 aliphatic heterocycles. The number of hydrogen-bond acceptors (Lipinski definition) is 4. The highest BCUT2D eigenvalue weighted by atomic mass is 16.3. The van der Waals surface area contributed by atoms with Crippen LogP contribution in [0.5, 0.6) is 0 Å². The summed E-state index contributed by atoms with van der Waals surface area (Å²) in [5, 5.41) is 40.8. The first kappa shape index (κ1) is 37.2. The summed E-state index contributed by atoms with van der Waals surface area (Å²) < 4.78 is 0. The molecule has 0 heterocycles. The topological polar surface area (TPSA) is 80.9 Å². The van der Waals surface area contributed by atoms with Crippen molar-refractivity contribution in [3.05, 3.63) is 130 Å². The quantitative estimate of drug-likeness (QED) is 0.190. The Bertz CT molecular complexity index is 1260. The lowest BCUT2D eigenvalue weighted by Crippen LogP contribution is -2.39. The second-order valence-electron chi connectivity index (χ2n) is 13.8. The van der Waals surface area contributed by atoms with E-state index >= 15 is 0 Å². The molecule has 0 spiro atoms. The Balaban J connectivity index is 1.94. The lowest BCUT2D eigenvalue weighted by Gasteiger charge is -2.38.